The molecule has 0 bridgehead atoms. The number of tetrazole rings is 1. The van der Waals surface area contributed by atoms with Crippen molar-refractivity contribution in [3.63, 3.8) is 0 Å². The van der Waals surface area contributed by atoms with Gasteiger partial charge >= 0.3 is 0 Å². The fraction of sp³-hybridized carbons (Fsp3) is 0.500. The van der Waals surface area contributed by atoms with Crippen molar-refractivity contribution in [1.29, 1.82) is 0 Å². The van der Waals surface area contributed by atoms with Crippen LogP contribution in [0.2, 0.25) is 0 Å². The largest absolute Gasteiger partial charge is 0.352 e. The van der Waals surface area contributed by atoms with Crippen LogP contribution in [0.3, 0.4) is 0 Å². The van der Waals surface area contributed by atoms with Crippen molar-refractivity contribution in [1.82, 2.24) is 25.5 Å². The number of carbonyl (C=O) groups is 1. The standard InChI is InChI=1S/C12H17N5OS/c1-8(2)9(3)13-11(18)7-17-15-12(14-16-17)10-5-4-6-19-10/h4-6,8-9H,7H2,1-3H3,(H,13,18). The molecule has 0 fully saturated rings. The minimum Gasteiger partial charge on any atom is -0.352 e. The van der Waals surface area contributed by atoms with Gasteiger partial charge in [-0.15, -0.1) is 21.5 Å². The molecule has 1 N–H and O–H groups in total. The molecule has 0 saturated heterocycles. The zero-order chi connectivity index (χ0) is 13.8. The number of hydrogen-bond donors (Lipinski definition) is 1. The first-order valence-electron chi connectivity index (χ1n) is 6.17. The summed E-state index contributed by atoms with van der Waals surface area (Å²) in [6.45, 7) is 6.20. The lowest BCUT2D eigenvalue weighted by atomic mass is 10.1. The van der Waals surface area contributed by atoms with Crippen molar-refractivity contribution in [2.75, 3.05) is 0 Å². The second kappa shape index (κ2) is 5.92. The summed E-state index contributed by atoms with van der Waals surface area (Å²) in [5, 5.41) is 16.9. The molecule has 1 amide bonds. The summed E-state index contributed by atoms with van der Waals surface area (Å²) in [6, 6.07) is 3.98. The van der Waals surface area contributed by atoms with Gasteiger partial charge in [-0.25, -0.2) is 0 Å². The first-order valence-corrected chi connectivity index (χ1v) is 7.05. The van der Waals surface area contributed by atoms with Crippen molar-refractivity contribution in [2.24, 2.45) is 5.92 Å². The number of amides is 1. The van der Waals surface area contributed by atoms with Crippen LogP contribution in [-0.2, 0) is 11.3 Å². The lowest BCUT2D eigenvalue weighted by Crippen LogP contribution is -2.38. The van der Waals surface area contributed by atoms with E-state index in [0.29, 0.717) is 11.7 Å². The van der Waals surface area contributed by atoms with Gasteiger partial charge in [-0.1, -0.05) is 19.9 Å². The predicted molar refractivity (Wildman–Crippen MR) is 73.6 cm³/mol. The first kappa shape index (κ1) is 13.7. The lowest BCUT2D eigenvalue weighted by Gasteiger charge is -2.16. The monoisotopic (exact) mass is 279 g/mol. The number of rotatable bonds is 5. The fourth-order valence-corrected chi connectivity index (χ4v) is 2.06. The van der Waals surface area contributed by atoms with Crippen LogP contribution in [0.1, 0.15) is 20.8 Å². The smallest absolute Gasteiger partial charge is 0.243 e. The number of thiophene rings is 1. The Balaban J connectivity index is 1.95. The third kappa shape index (κ3) is 3.60. The Kier molecular flexibility index (Phi) is 4.26. The Morgan fingerprint density at radius 1 is 1.47 bits per heavy atom. The predicted octanol–water partition coefficient (Wildman–Crippen LogP) is 1.56. The van der Waals surface area contributed by atoms with E-state index >= 15 is 0 Å². The van der Waals surface area contributed by atoms with Crippen LogP contribution < -0.4 is 5.32 Å². The summed E-state index contributed by atoms with van der Waals surface area (Å²) in [5.41, 5.74) is 0. The Morgan fingerprint density at radius 3 is 2.89 bits per heavy atom. The maximum atomic E-state index is 11.8. The molecule has 0 saturated carbocycles. The van der Waals surface area contributed by atoms with Crippen molar-refractivity contribution >= 4 is 17.2 Å². The zero-order valence-electron chi connectivity index (χ0n) is 11.2. The number of nitrogens with zero attached hydrogens (tertiary/aromatic N) is 4. The molecular formula is C12H17N5OS. The second-order valence-corrected chi connectivity index (χ2v) is 5.67. The molecule has 2 aromatic heterocycles. The Labute approximate surface area is 115 Å². The van der Waals surface area contributed by atoms with Crippen LogP contribution in [0, 0.1) is 5.92 Å². The Bertz CT molecular complexity index is 534. The second-order valence-electron chi connectivity index (χ2n) is 4.72. The molecule has 2 aromatic rings. The topological polar surface area (TPSA) is 72.7 Å². The average Bonchev–Trinajstić information content (AvgIpc) is 2.97. The van der Waals surface area contributed by atoms with E-state index in [9.17, 15) is 4.79 Å². The quantitative estimate of drug-likeness (QED) is 0.901. The van der Waals surface area contributed by atoms with Crippen LogP contribution in [0.5, 0.6) is 0 Å². The van der Waals surface area contributed by atoms with Crippen LogP contribution in [0.25, 0.3) is 10.7 Å². The van der Waals surface area contributed by atoms with Gasteiger partial charge in [0.2, 0.25) is 11.7 Å². The highest BCUT2D eigenvalue weighted by molar-refractivity contribution is 7.13. The maximum absolute atomic E-state index is 11.8. The van der Waals surface area contributed by atoms with E-state index in [2.05, 4.69) is 34.6 Å². The summed E-state index contributed by atoms with van der Waals surface area (Å²) in [5.74, 6) is 0.852. The van der Waals surface area contributed by atoms with E-state index in [1.165, 1.54) is 4.80 Å². The first-order chi connectivity index (χ1) is 9.06. The Morgan fingerprint density at radius 2 is 2.26 bits per heavy atom. The molecule has 0 aromatic carbocycles. The minimum absolute atomic E-state index is 0.0927. The molecule has 0 aliphatic heterocycles. The molecule has 0 aliphatic carbocycles. The highest BCUT2D eigenvalue weighted by atomic mass is 32.1. The van der Waals surface area contributed by atoms with Crippen molar-refractivity contribution in [3.8, 4) is 10.7 Å². The highest BCUT2D eigenvalue weighted by Gasteiger charge is 2.13. The van der Waals surface area contributed by atoms with E-state index in [1.54, 1.807) is 11.3 Å². The van der Waals surface area contributed by atoms with Gasteiger partial charge in [-0.05, 0) is 29.5 Å². The summed E-state index contributed by atoms with van der Waals surface area (Å²) in [7, 11) is 0. The molecule has 7 heteroatoms. The summed E-state index contributed by atoms with van der Waals surface area (Å²) in [6.07, 6.45) is 0. The fourth-order valence-electron chi connectivity index (χ4n) is 1.41. The number of hydrogen-bond acceptors (Lipinski definition) is 5. The van der Waals surface area contributed by atoms with Gasteiger partial charge in [0, 0.05) is 6.04 Å². The molecular weight excluding hydrogens is 262 g/mol. The van der Waals surface area contributed by atoms with E-state index in [-0.39, 0.29) is 18.5 Å². The molecule has 6 nitrogen and oxygen atoms in total. The van der Waals surface area contributed by atoms with Crippen molar-refractivity contribution < 1.29 is 4.79 Å². The van der Waals surface area contributed by atoms with Gasteiger partial charge in [0.25, 0.3) is 0 Å². The number of carbonyl (C=O) groups excluding carboxylic acids is 1. The van der Waals surface area contributed by atoms with Gasteiger partial charge < -0.3 is 5.32 Å². The van der Waals surface area contributed by atoms with E-state index in [0.717, 1.165) is 4.88 Å². The van der Waals surface area contributed by atoms with E-state index in [4.69, 9.17) is 0 Å². The molecule has 2 rings (SSSR count). The number of nitrogens with one attached hydrogen (secondary N) is 1. The SMILES string of the molecule is CC(C)C(C)NC(=O)Cn1nnc(-c2cccs2)n1. The summed E-state index contributed by atoms with van der Waals surface area (Å²) in [4.78, 5) is 14.0. The van der Waals surface area contributed by atoms with Crippen LogP contribution in [-0.4, -0.2) is 32.2 Å². The summed E-state index contributed by atoms with van der Waals surface area (Å²) >= 11 is 1.54. The number of aromatic nitrogens is 4. The van der Waals surface area contributed by atoms with Crippen LogP contribution >= 0.6 is 11.3 Å². The molecule has 0 aliphatic rings. The highest BCUT2D eigenvalue weighted by Crippen LogP contribution is 2.19. The van der Waals surface area contributed by atoms with Crippen LogP contribution in [0.4, 0.5) is 0 Å². The van der Waals surface area contributed by atoms with E-state index in [1.807, 2.05) is 24.4 Å². The molecule has 1 atom stereocenters. The third-order valence-electron chi connectivity index (χ3n) is 2.87. The van der Waals surface area contributed by atoms with Gasteiger partial charge in [0.15, 0.2) is 0 Å². The molecule has 0 spiro atoms. The van der Waals surface area contributed by atoms with Gasteiger partial charge in [-0.2, -0.15) is 4.80 Å². The van der Waals surface area contributed by atoms with E-state index < -0.39 is 0 Å². The lowest BCUT2D eigenvalue weighted by molar-refractivity contribution is -0.123. The normalized spacial score (nSPS) is 12.6. The maximum Gasteiger partial charge on any atom is 0.243 e. The van der Waals surface area contributed by atoms with Gasteiger partial charge in [0.1, 0.15) is 6.54 Å². The minimum atomic E-state index is -0.101. The van der Waals surface area contributed by atoms with Gasteiger partial charge in [0.05, 0.1) is 4.88 Å². The third-order valence-corrected chi connectivity index (χ3v) is 3.73. The molecule has 1 unspecified atom stereocenters. The molecule has 2 heterocycles. The van der Waals surface area contributed by atoms with Crippen LogP contribution in [0.15, 0.2) is 17.5 Å². The molecule has 102 valence electrons. The van der Waals surface area contributed by atoms with Gasteiger partial charge in [-0.3, -0.25) is 4.79 Å². The molecule has 19 heavy (non-hydrogen) atoms. The molecule has 0 radical (unpaired) electrons. The summed E-state index contributed by atoms with van der Waals surface area (Å²) < 4.78 is 0. The van der Waals surface area contributed by atoms with Crippen molar-refractivity contribution in [2.45, 2.75) is 33.4 Å². The average molecular weight is 279 g/mol. The van der Waals surface area contributed by atoms with Crippen molar-refractivity contribution in [3.05, 3.63) is 17.5 Å². The Hall–Kier alpha value is -1.76. The zero-order valence-corrected chi connectivity index (χ0v) is 12.0.